The second kappa shape index (κ2) is 10.2. The summed E-state index contributed by atoms with van der Waals surface area (Å²) in [7, 11) is 1.59. The fourth-order valence-corrected chi connectivity index (χ4v) is 2.38. The molecule has 2 rings (SSSR count). The van der Waals surface area contributed by atoms with Crippen LogP contribution in [0.15, 0.2) is 48.5 Å². The van der Waals surface area contributed by atoms with E-state index < -0.39 is 0 Å². The maximum Gasteiger partial charge on any atom is 0.248 e. The Morgan fingerprint density at radius 3 is 2.44 bits per heavy atom. The number of hydrogen-bond donors (Lipinski definition) is 1. The SMILES string of the molecule is CCCCOc1ccc(C=CC(=O)Nc2ccc(C(C)=O)cc2)cc1OC. The van der Waals surface area contributed by atoms with Crippen molar-refractivity contribution in [3.63, 3.8) is 0 Å². The van der Waals surface area contributed by atoms with Gasteiger partial charge in [0.05, 0.1) is 13.7 Å². The summed E-state index contributed by atoms with van der Waals surface area (Å²) in [6.45, 7) is 4.26. The highest BCUT2D eigenvalue weighted by molar-refractivity contribution is 6.02. The van der Waals surface area contributed by atoms with Crippen molar-refractivity contribution in [3.8, 4) is 11.5 Å². The van der Waals surface area contributed by atoms with Crippen LogP contribution in [0, 0.1) is 0 Å². The van der Waals surface area contributed by atoms with Gasteiger partial charge in [-0.2, -0.15) is 0 Å². The molecule has 0 atom stereocenters. The minimum absolute atomic E-state index is 0.0103. The largest absolute Gasteiger partial charge is 0.493 e. The number of hydrogen-bond acceptors (Lipinski definition) is 4. The third-order valence-corrected chi connectivity index (χ3v) is 3.93. The first-order valence-electron chi connectivity index (χ1n) is 8.94. The lowest BCUT2D eigenvalue weighted by Gasteiger charge is -2.11. The molecule has 0 saturated carbocycles. The Morgan fingerprint density at radius 2 is 1.81 bits per heavy atom. The molecule has 142 valence electrons. The molecule has 0 aliphatic heterocycles. The monoisotopic (exact) mass is 367 g/mol. The van der Waals surface area contributed by atoms with Crippen molar-refractivity contribution in [3.05, 3.63) is 59.7 Å². The smallest absolute Gasteiger partial charge is 0.248 e. The van der Waals surface area contributed by atoms with E-state index in [1.54, 1.807) is 37.5 Å². The molecule has 0 bridgehead atoms. The van der Waals surface area contributed by atoms with Crippen LogP contribution in [0.2, 0.25) is 0 Å². The second-order valence-electron chi connectivity index (χ2n) is 6.07. The molecule has 0 unspecified atom stereocenters. The van der Waals surface area contributed by atoms with Crippen LogP contribution >= 0.6 is 0 Å². The Balaban J connectivity index is 1.99. The number of ketones is 1. The Morgan fingerprint density at radius 1 is 1.07 bits per heavy atom. The highest BCUT2D eigenvalue weighted by atomic mass is 16.5. The number of carbonyl (C=O) groups is 2. The second-order valence-corrected chi connectivity index (χ2v) is 6.07. The highest BCUT2D eigenvalue weighted by Crippen LogP contribution is 2.28. The number of unbranched alkanes of at least 4 members (excludes halogenated alkanes) is 1. The van der Waals surface area contributed by atoms with Gasteiger partial charge in [-0.15, -0.1) is 0 Å². The van der Waals surface area contributed by atoms with E-state index in [2.05, 4.69) is 12.2 Å². The normalized spacial score (nSPS) is 10.6. The summed E-state index contributed by atoms with van der Waals surface area (Å²) >= 11 is 0. The van der Waals surface area contributed by atoms with Crippen LogP contribution in [0.3, 0.4) is 0 Å². The zero-order valence-electron chi connectivity index (χ0n) is 16.0. The van der Waals surface area contributed by atoms with Crippen molar-refractivity contribution < 1.29 is 19.1 Å². The number of carbonyl (C=O) groups excluding carboxylic acids is 2. The summed E-state index contributed by atoms with van der Waals surface area (Å²) in [6.07, 6.45) is 5.21. The summed E-state index contributed by atoms with van der Waals surface area (Å²) in [5.41, 5.74) is 2.07. The van der Waals surface area contributed by atoms with Crippen molar-refractivity contribution in [2.75, 3.05) is 19.0 Å². The molecular formula is C22H25NO4. The van der Waals surface area contributed by atoms with Gasteiger partial charge in [0.25, 0.3) is 0 Å². The molecular weight excluding hydrogens is 342 g/mol. The Kier molecular flexibility index (Phi) is 7.62. The number of anilines is 1. The van der Waals surface area contributed by atoms with E-state index in [4.69, 9.17) is 9.47 Å². The van der Waals surface area contributed by atoms with Gasteiger partial charge < -0.3 is 14.8 Å². The summed E-state index contributed by atoms with van der Waals surface area (Å²) in [5, 5.41) is 2.76. The third-order valence-electron chi connectivity index (χ3n) is 3.93. The van der Waals surface area contributed by atoms with E-state index >= 15 is 0 Å². The predicted octanol–water partition coefficient (Wildman–Crippen LogP) is 4.73. The number of nitrogens with one attached hydrogen (secondary N) is 1. The third kappa shape index (κ3) is 6.29. The zero-order valence-corrected chi connectivity index (χ0v) is 16.0. The maximum atomic E-state index is 12.1. The highest BCUT2D eigenvalue weighted by Gasteiger charge is 2.05. The molecule has 5 heteroatoms. The van der Waals surface area contributed by atoms with Gasteiger partial charge in [0.1, 0.15) is 0 Å². The van der Waals surface area contributed by atoms with Gasteiger partial charge in [-0.3, -0.25) is 9.59 Å². The summed E-state index contributed by atoms with van der Waals surface area (Å²) in [6, 6.07) is 12.3. The van der Waals surface area contributed by atoms with Crippen LogP contribution in [0.1, 0.15) is 42.6 Å². The minimum atomic E-state index is -0.257. The number of ether oxygens (including phenoxy) is 2. The topological polar surface area (TPSA) is 64.6 Å². The van der Waals surface area contributed by atoms with Crippen LogP contribution in [0.4, 0.5) is 5.69 Å². The molecule has 0 saturated heterocycles. The molecule has 2 aromatic rings. The molecule has 0 aliphatic carbocycles. The van der Waals surface area contributed by atoms with Gasteiger partial charge in [0, 0.05) is 17.3 Å². The Labute approximate surface area is 160 Å². The summed E-state index contributed by atoms with van der Waals surface area (Å²) < 4.78 is 11.1. The molecule has 0 radical (unpaired) electrons. The number of benzene rings is 2. The zero-order chi connectivity index (χ0) is 19.6. The van der Waals surface area contributed by atoms with Gasteiger partial charge in [-0.05, 0) is 61.4 Å². The molecule has 0 heterocycles. The average Bonchev–Trinajstić information content (AvgIpc) is 2.67. The van der Waals surface area contributed by atoms with Crippen molar-refractivity contribution in [2.24, 2.45) is 0 Å². The summed E-state index contributed by atoms with van der Waals surface area (Å²) in [5.74, 6) is 1.06. The molecule has 27 heavy (non-hydrogen) atoms. The van der Waals surface area contributed by atoms with Crippen LogP contribution < -0.4 is 14.8 Å². The lowest BCUT2D eigenvalue weighted by Crippen LogP contribution is -2.07. The quantitative estimate of drug-likeness (QED) is 0.395. The van der Waals surface area contributed by atoms with Crippen LogP contribution in [-0.4, -0.2) is 25.4 Å². The molecule has 5 nitrogen and oxygen atoms in total. The first-order chi connectivity index (χ1) is 13.0. The number of rotatable bonds is 9. The van der Waals surface area contributed by atoms with Gasteiger partial charge in [0.15, 0.2) is 17.3 Å². The average molecular weight is 367 g/mol. The van der Waals surface area contributed by atoms with E-state index in [0.717, 1.165) is 18.4 Å². The van der Waals surface area contributed by atoms with Crippen molar-refractivity contribution in [2.45, 2.75) is 26.7 Å². The molecule has 0 fully saturated rings. The standard InChI is InChI=1S/C22H25NO4/c1-4-5-14-27-20-12-6-17(15-21(20)26-3)7-13-22(25)23-19-10-8-18(9-11-19)16(2)24/h6-13,15H,4-5,14H2,1-3H3,(H,23,25). The number of Topliss-reactive ketones (excluding diaryl/α,β-unsaturated/α-hetero) is 1. The predicted molar refractivity (Wildman–Crippen MR) is 108 cm³/mol. The molecule has 0 spiro atoms. The molecule has 1 amide bonds. The van der Waals surface area contributed by atoms with Crippen molar-refractivity contribution in [1.82, 2.24) is 0 Å². The van der Waals surface area contributed by atoms with E-state index in [-0.39, 0.29) is 11.7 Å². The number of methoxy groups -OCH3 is 1. The fourth-order valence-electron chi connectivity index (χ4n) is 2.38. The first kappa shape index (κ1) is 20.2. The molecule has 0 aliphatic rings. The van der Waals surface area contributed by atoms with Gasteiger partial charge in [-0.1, -0.05) is 19.4 Å². The first-order valence-corrected chi connectivity index (χ1v) is 8.94. The minimum Gasteiger partial charge on any atom is -0.493 e. The molecule has 2 aromatic carbocycles. The molecule has 1 N–H and O–H groups in total. The van der Waals surface area contributed by atoms with Crippen molar-refractivity contribution in [1.29, 1.82) is 0 Å². The van der Waals surface area contributed by atoms with Gasteiger partial charge in [0.2, 0.25) is 5.91 Å². The fraction of sp³-hybridized carbons (Fsp3) is 0.273. The van der Waals surface area contributed by atoms with E-state index in [1.165, 1.54) is 13.0 Å². The summed E-state index contributed by atoms with van der Waals surface area (Å²) in [4.78, 5) is 23.3. The van der Waals surface area contributed by atoms with Crippen LogP contribution in [0.25, 0.3) is 6.08 Å². The van der Waals surface area contributed by atoms with E-state index in [0.29, 0.717) is 29.4 Å². The van der Waals surface area contributed by atoms with Crippen molar-refractivity contribution >= 4 is 23.5 Å². The van der Waals surface area contributed by atoms with E-state index in [1.807, 2.05) is 18.2 Å². The van der Waals surface area contributed by atoms with Crippen LogP contribution in [0.5, 0.6) is 11.5 Å². The van der Waals surface area contributed by atoms with Gasteiger partial charge >= 0.3 is 0 Å². The lowest BCUT2D eigenvalue weighted by molar-refractivity contribution is -0.111. The maximum absolute atomic E-state index is 12.1. The lowest BCUT2D eigenvalue weighted by atomic mass is 10.1. The Hall–Kier alpha value is -3.08. The molecule has 0 aromatic heterocycles. The number of amides is 1. The van der Waals surface area contributed by atoms with Gasteiger partial charge in [-0.25, -0.2) is 0 Å². The van der Waals surface area contributed by atoms with Crippen LogP contribution in [-0.2, 0) is 4.79 Å². The Bertz CT molecular complexity index is 810. The van der Waals surface area contributed by atoms with E-state index in [9.17, 15) is 9.59 Å².